The molecule has 136 valence electrons. The van der Waals surface area contributed by atoms with Crippen molar-refractivity contribution in [3.05, 3.63) is 27.5 Å². The molecular formula is C13H18Cl2N2O7. The van der Waals surface area contributed by atoms with Crippen LogP contribution in [-0.2, 0) is 0 Å². The smallest absolute Gasteiger partial charge is 0.355 e. The Morgan fingerprint density at radius 1 is 0.958 bits per heavy atom. The number of aromatic nitrogens is 1. The summed E-state index contributed by atoms with van der Waals surface area (Å²) in [6, 6.07) is 0. The van der Waals surface area contributed by atoms with Gasteiger partial charge in [-0.05, 0) is 0 Å². The van der Waals surface area contributed by atoms with Gasteiger partial charge in [-0.2, -0.15) is 0 Å². The molecule has 0 saturated heterocycles. The van der Waals surface area contributed by atoms with E-state index >= 15 is 0 Å². The van der Waals surface area contributed by atoms with Gasteiger partial charge in [-0.25, -0.2) is 14.6 Å². The number of hydrogen-bond donors (Lipinski definition) is 5. The number of carbonyl (C=O) groups is 2. The van der Waals surface area contributed by atoms with Crippen molar-refractivity contribution in [3.63, 3.8) is 0 Å². The highest BCUT2D eigenvalue weighted by Crippen LogP contribution is 2.26. The predicted octanol–water partition coefficient (Wildman–Crippen LogP) is 0.0501. The van der Waals surface area contributed by atoms with Gasteiger partial charge >= 0.3 is 11.9 Å². The van der Waals surface area contributed by atoms with Crippen molar-refractivity contribution in [2.45, 2.75) is 0 Å². The first-order valence-corrected chi connectivity index (χ1v) is 7.41. The molecule has 5 N–H and O–H groups in total. The van der Waals surface area contributed by atoms with Gasteiger partial charge in [0, 0.05) is 25.8 Å². The zero-order valence-corrected chi connectivity index (χ0v) is 14.0. The third-order valence-electron chi connectivity index (χ3n) is 2.64. The molecule has 0 aromatic carbocycles. The van der Waals surface area contributed by atoms with E-state index in [-0.39, 0.29) is 29.9 Å². The number of rotatable bonds is 8. The molecule has 1 aromatic rings. The molecule has 1 rings (SSSR count). The third kappa shape index (κ3) is 7.39. The van der Waals surface area contributed by atoms with Crippen LogP contribution >= 0.6 is 23.2 Å². The second-order valence-corrected chi connectivity index (χ2v) is 5.05. The lowest BCUT2D eigenvalue weighted by atomic mass is 10.2. The van der Waals surface area contributed by atoms with E-state index in [2.05, 4.69) is 4.98 Å². The number of aliphatic hydroxyl groups is 3. The van der Waals surface area contributed by atoms with Crippen LogP contribution in [0, 0.1) is 0 Å². The number of nitrogens with zero attached hydrogens (tertiary/aromatic N) is 2. The minimum absolute atomic E-state index is 0.0694. The molecule has 0 spiro atoms. The molecule has 1 aromatic heterocycles. The van der Waals surface area contributed by atoms with Crippen LogP contribution in [0.5, 0.6) is 0 Å². The van der Waals surface area contributed by atoms with Crippen molar-refractivity contribution in [2.75, 3.05) is 39.5 Å². The van der Waals surface area contributed by atoms with Gasteiger partial charge in [-0.1, -0.05) is 23.2 Å². The van der Waals surface area contributed by atoms with Gasteiger partial charge in [0.15, 0.2) is 5.69 Å². The summed E-state index contributed by atoms with van der Waals surface area (Å²) in [5.74, 6) is -2.96. The molecule has 0 atom stereocenters. The van der Waals surface area contributed by atoms with Crippen LogP contribution in [0.2, 0.25) is 10.0 Å². The standard InChI is InChI=1S/C7H3Cl2NO4.C6H15NO3/c8-2-1-10-5(7(13)14)3(4(2)9)6(11)12;8-4-1-7(2-5-9)3-6-10/h1H,(H,11,12)(H,13,14);8-10H,1-6H2. The van der Waals surface area contributed by atoms with Gasteiger partial charge in [-0.15, -0.1) is 0 Å². The fourth-order valence-corrected chi connectivity index (χ4v) is 1.95. The SMILES string of the molecule is O=C(O)c1ncc(Cl)c(Cl)c1C(=O)O.OCCN(CCO)CCO. The summed E-state index contributed by atoms with van der Waals surface area (Å²) in [6.07, 6.45) is 0.986. The van der Waals surface area contributed by atoms with Crippen LogP contribution in [0.4, 0.5) is 0 Å². The van der Waals surface area contributed by atoms with Gasteiger partial charge in [-0.3, -0.25) is 4.90 Å². The van der Waals surface area contributed by atoms with Crippen LogP contribution in [0.15, 0.2) is 6.20 Å². The molecule has 0 radical (unpaired) electrons. The lowest BCUT2D eigenvalue weighted by Crippen LogP contribution is -2.32. The molecule has 0 amide bonds. The fourth-order valence-electron chi connectivity index (χ4n) is 1.58. The van der Waals surface area contributed by atoms with Crippen LogP contribution in [-0.4, -0.2) is 86.8 Å². The average Bonchev–Trinajstić information content (AvgIpc) is 2.50. The monoisotopic (exact) mass is 384 g/mol. The maximum Gasteiger partial charge on any atom is 0.355 e. The van der Waals surface area contributed by atoms with Crippen LogP contribution in [0.25, 0.3) is 0 Å². The minimum atomic E-state index is -1.48. The molecule has 0 saturated carbocycles. The van der Waals surface area contributed by atoms with Gasteiger partial charge in [0.2, 0.25) is 0 Å². The maximum atomic E-state index is 10.7. The van der Waals surface area contributed by atoms with Crippen molar-refractivity contribution in [1.82, 2.24) is 9.88 Å². The van der Waals surface area contributed by atoms with E-state index < -0.39 is 23.2 Å². The molecule has 0 aliphatic rings. The molecule has 1 heterocycles. The van der Waals surface area contributed by atoms with Crippen molar-refractivity contribution in [2.24, 2.45) is 0 Å². The molecule has 0 aliphatic heterocycles. The molecule has 0 aliphatic carbocycles. The van der Waals surface area contributed by atoms with Crippen LogP contribution in [0.1, 0.15) is 20.8 Å². The highest BCUT2D eigenvalue weighted by Gasteiger charge is 2.22. The van der Waals surface area contributed by atoms with Gasteiger partial charge in [0.05, 0.1) is 29.9 Å². The lowest BCUT2D eigenvalue weighted by molar-refractivity contribution is 0.0646. The fraction of sp³-hybridized carbons (Fsp3) is 0.462. The zero-order chi connectivity index (χ0) is 18.7. The number of aliphatic hydroxyl groups excluding tert-OH is 3. The predicted molar refractivity (Wildman–Crippen MR) is 85.9 cm³/mol. The highest BCUT2D eigenvalue weighted by atomic mass is 35.5. The summed E-state index contributed by atoms with van der Waals surface area (Å²) in [6.45, 7) is 1.75. The third-order valence-corrected chi connectivity index (χ3v) is 3.41. The first kappa shape index (κ1) is 22.5. The summed E-state index contributed by atoms with van der Waals surface area (Å²) < 4.78 is 0. The van der Waals surface area contributed by atoms with Crippen molar-refractivity contribution >= 4 is 35.1 Å². The molecule has 0 bridgehead atoms. The van der Waals surface area contributed by atoms with Gasteiger partial charge < -0.3 is 25.5 Å². The minimum Gasteiger partial charge on any atom is -0.478 e. The summed E-state index contributed by atoms with van der Waals surface area (Å²) in [5.41, 5.74) is -1.24. The Morgan fingerprint density at radius 3 is 1.75 bits per heavy atom. The van der Waals surface area contributed by atoms with Crippen LogP contribution < -0.4 is 0 Å². The van der Waals surface area contributed by atoms with E-state index in [9.17, 15) is 9.59 Å². The number of carboxylic acid groups (broad SMARTS) is 2. The average molecular weight is 385 g/mol. The van der Waals surface area contributed by atoms with Gasteiger partial charge in [0.25, 0.3) is 0 Å². The first-order valence-electron chi connectivity index (χ1n) is 6.65. The van der Waals surface area contributed by atoms with E-state index in [1.165, 1.54) is 0 Å². The Kier molecular flexibility index (Phi) is 11.2. The quantitative estimate of drug-likeness (QED) is 0.418. The van der Waals surface area contributed by atoms with Crippen molar-refractivity contribution in [1.29, 1.82) is 0 Å². The highest BCUT2D eigenvalue weighted by molar-refractivity contribution is 6.44. The molecule has 9 nitrogen and oxygen atoms in total. The maximum absolute atomic E-state index is 10.7. The number of hydrogen-bond acceptors (Lipinski definition) is 7. The lowest BCUT2D eigenvalue weighted by Gasteiger charge is -2.17. The number of pyridine rings is 1. The Labute approximate surface area is 147 Å². The number of carboxylic acids is 2. The topological polar surface area (TPSA) is 151 Å². The Bertz CT molecular complexity index is 543. The Morgan fingerprint density at radius 2 is 1.42 bits per heavy atom. The van der Waals surface area contributed by atoms with E-state index in [0.29, 0.717) is 19.6 Å². The molecule has 0 unspecified atom stereocenters. The molecule has 24 heavy (non-hydrogen) atoms. The van der Waals surface area contributed by atoms with E-state index in [1.807, 2.05) is 0 Å². The normalized spacial score (nSPS) is 10.2. The summed E-state index contributed by atoms with van der Waals surface area (Å²) in [5, 5.41) is 42.3. The summed E-state index contributed by atoms with van der Waals surface area (Å²) in [4.78, 5) is 26.4. The first-order chi connectivity index (χ1) is 11.3. The zero-order valence-electron chi connectivity index (χ0n) is 12.5. The van der Waals surface area contributed by atoms with E-state index in [4.69, 9.17) is 48.7 Å². The van der Waals surface area contributed by atoms with E-state index in [1.54, 1.807) is 4.90 Å². The second-order valence-electron chi connectivity index (χ2n) is 4.27. The van der Waals surface area contributed by atoms with Gasteiger partial charge in [0.1, 0.15) is 5.56 Å². The van der Waals surface area contributed by atoms with Crippen LogP contribution in [0.3, 0.4) is 0 Å². The largest absolute Gasteiger partial charge is 0.478 e. The van der Waals surface area contributed by atoms with E-state index in [0.717, 1.165) is 6.20 Å². The molecule has 0 fully saturated rings. The van der Waals surface area contributed by atoms with Crippen molar-refractivity contribution < 1.29 is 35.1 Å². The number of halogens is 2. The van der Waals surface area contributed by atoms with Crippen molar-refractivity contribution in [3.8, 4) is 0 Å². The second kappa shape index (κ2) is 12.0. The summed E-state index contributed by atoms with van der Waals surface area (Å²) >= 11 is 11.0. The molecule has 11 heteroatoms. The summed E-state index contributed by atoms with van der Waals surface area (Å²) in [7, 11) is 0. The Hall–Kier alpha value is -1.49. The molecular weight excluding hydrogens is 367 g/mol. The number of aromatic carboxylic acids is 2. The Balaban J connectivity index is 0.000000470.